The summed E-state index contributed by atoms with van der Waals surface area (Å²) < 4.78 is 58.2. The summed E-state index contributed by atoms with van der Waals surface area (Å²) in [6, 6.07) is 19.0. The van der Waals surface area contributed by atoms with Gasteiger partial charge in [0.05, 0.1) is 35.9 Å². The Balaban J connectivity index is 1.23. The number of alkyl carbamates (subject to hydrolysis) is 1. The van der Waals surface area contributed by atoms with Crippen LogP contribution in [-0.4, -0.2) is 91.6 Å². The van der Waals surface area contributed by atoms with Gasteiger partial charge in [-0.3, -0.25) is 4.79 Å². The number of nitrogens with zero attached hydrogens (tertiary/aromatic N) is 4. The second-order valence-corrected chi connectivity index (χ2v) is 16.4. The Morgan fingerprint density at radius 2 is 1.61 bits per heavy atom. The lowest BCUT2D eigenvalue weighted by molar-refractivity contribution is -0.135. The van der Waals surface area contributed by atoms with Gasteiger partial charge in [-0.15, -0.1) is 0 Å². The number of fused-ring (bicyclic) bond motifs is 2. The average molecular weight is 787 g/mol. The van der Waals surface area contributed by atoms with Gasteiger partial charge in [-0.2, -0.15) is 0 Å². The van der Waals surface area contributed by atoms with E-state index in [-0.39, 0.29) is 51.4 Å². The summed E-state index contributed by atoms with van der Waals surface area (Å²) >= 11 is 0. The van der Waals surface area contributed by atoms with Crippen molar-refractivity contribution in [1.82, 2.24) is 29.7 Å². The topological polar surface area (TPSA) is 122 Å². The van der Waals surface area contributed by atoms with Crippen LogP contribution >= 0.6 is 0 Å². The zero-order valence-corrected chi connectivity index (χ0v) is 32.8. The number of likely N-dealkylation sites (tertiary alicyclic amines) is 2. The number of hydrogen-bond donors (Lipinski definition) is 2. The van der Waals surface area contributed by atoms with Gasteiger partial charge in [0.2, 0.25) is 5.91 Å². The van der Waals surface area contributed by atoms with Crippen LogP contribution in [0.5, 0.6) is 0 Å². The van der Waals surface area contributed by atoms with E-state index in [0.717, 1.165) is 22.0 Å². The molecule has 2 aliphatic rings. The van der Waals surface area contributed by atoms with Crippen molar-refractivity contribution in [2.24, 2.45) is 5.92 Å². The van der Waals surface area contributed by atoms with Gasteiger partial charge in [0.25, 0.3) is 0 Å². The number of aromatic nitrogens is 3. The molecule has 2 aliphatic heterocycles. The Labute approximate surface area is 329 Å². The predicted octanol–water partition coefficient (Wildman–Crippen LogP) is 8.10. The molecule has 3 aromatic carbocycles. The Morgan fingerprint density at radius 1 is 0.930 bits per heavy atom. The largest absolute Gasteiger partial charge is 0.445 e. The van der Waals surface area contributed by atoms with Crippen LogP contribution in [0.25, 0.3) is 33.5 Å². The highest BCUT2D eigenvalue weighted by molar-refractivity contribution is 5.92. The smallest absolute Gasteiger partial charge is 0.410 e. The van der Waals surface area contributed by atoms with E-state index >= 15 is 8.78 Å². The number of rotatable bonds is 10. The molecule has 0 saturated carbocycles. The summed E-state index contributed by atoms with van der Waals surface area (Å²) in [5.41, 5.74) is 3.06. The van der Waals surface area contributed by atoms with Crippen molar-refractivity contribution in [3.8, 4) is 11.5 Å². The van der Waals surface area contributed by atoms with Crippen LogP contribution in [0.4, 0.5) is 22.8 Å². The number of hydrogen-bond acceptors (Lipinski definition) is 6. The molecule has 14 heteroatoms. The fraction of sp³-hybridized carbons (Fsp3) is 0.442. The van der Waals surface area contributed by atoms with E-state index < -0.39 is 60.0 Å². The van der Waals surface area contributed by atoms with E-state index in [1.165, 1.54) is 21.9 Å². The van der Waals surface area contributed by atoms with Gasteiger partial charge >= 0.3 is 12.2 Å². The number of ether oxygens (including phenoxy) is 2. The number of para-hydroxylation sites is 1. The zero-order valence-electron chi connectivity index (χ0n) is 32.8. The van der Waals surface area contributed by atoms with Gasteiger partial charge in [0, 0.05) is 42.4 Å². The van der Waals surface area contributed by atoms with Crippen molar-refractivity contribution in [3.63, 3.8) is 0 Å². The minimum Gasteiger partial charge on any atom is -0.445 e. The molecular formula is C43H49F3N6O5. The normalized spacial score (nSPS) is 20.4. The van der Waals surface area contributed by atoms with Crippen LogP contribution in [0.1, 0.15) is 58.6 Å². The van der Waals surface area contributed by atoms with Crippen LogP contribution in [0.3, 0.4) is 0 Å². The first-order valence-electron chi connectivity index (χ1n) is 19.5. The highest BCUT2D eigenvalue weighted by Crippen LogP contribution is 2.37. The first-order valence-corrected chi connectivity index (χ1v) is 19.5. The molecule has 302 valence electrons. The van der Waals surface area contributed by atoms with Crippen molar-refractivity contribution in [1.29, 1.82) is 0 Å². The number of halogens is 3. The van der Waals surface area contributed by atoms with E-state index in [0.29, 0.717) is 22.6 Å². The number of benzene rings is 3. The van der Waals surface area contributed by atoms with Crippen LogP contribution in [0.2, 0.25) is 0 Å². The Hall–Kier alpha value is -5.53. The molecule has 0 radical (unpaired) electrons. The number of imidazole rings is 1. The van der Waals surface area contributed by atoms with Crippen LogP contribution in [-0.2, 0) is 33.8 Å². The van der Waals surface area contributed by atoms with E-state index in [1.54, 1.807) is 40.7 Å². The summed E-state index contributed by atoms with van der Waals surface area (Å²) in [5, 5.41) is 3.54. The lowest BCUT2D eigenvalue weighted by atomic mass is 10.00. The Bertz CT molecular complexity index is 2250. The van der Waals surface area contributed by atoms with E-state index in [1.807, 2.05) is 59.2 Å². The highest BCUT2D eigenvalue weighted by Gasteiger charge is 2.41. The monoisotopic (exact) mass is 786 g/mol. The van der Waals surface area contributed by atoms with E-state index in [2.05, 4.69) is 10.3 Å². The molecule has 0 spiro atoms. The molecule has 0 aliphatic carbocycles. The maximum absolute atomic E-state index is 15.4. The van der Waals surface area contributed by atoms with Gasteiger partial charge in [0.1, 0.15) is 36.4 Å². The van der Waals surface area contributed by atoms with Gasteiger partial charge < -0.3 is 34.1 Å². The molecule has 5 atom stereocenters. The molecule has 3 amide bonds. The van der Waals surface area contributed by atoms with E-state index in [9.17, 15) is 18.8 Å². The number of aromatic amines is 1. The maximum Gasteiger partial charge on any atom is 0.410 e. The van der Waals surface area contributed by atoms with Crippen LogP contribution in [0.15, 0.2) is 72.8 Å². The summed E-state index contributed by atoms with van der Waals surface area (Å²) in [4.78, 5) is 51.7. The summed E-state index contributed by atoms with van der Waals surface area (Å²) in [5.74, 6) is -0.849. The molecule has 4 heterocycles. The van der Waals surface area contributed by atoms with Crippen molar-refractivity contribution in [2.45, 2.75) is 103 Å². The summed E-state index contributed by atoms with van der Waals surface area (Å²) in [6.45, 7) is 8.65. The molecule has 11 nitrogen and oxygen atoms in total. The minimum absolute atomic E-state index is 0.0306. The number of amides is 3. The van der Waals surface area contributed by atoms with Gasteiger partial charge in [-0.25, -0.2) is 27.7 Å². The van der Waals surface area contributed by atoms with Crippen molar-refractivity contribution < 1.29 is 37.0 Å². The number of alkyl halides is 2. The van der Waals surface area contributed by atoms with Gasteiger partial charge in [0.15, 0.2) is 5.82 Å². The van der Waals surface area contributed by atoms with Gasteiger partial charge in [-0.1, -0.05) is 62.4 Å². The molecule has 7 rings (SSSR count). The molecule has 2 aromatic heterocycles. The summed E-state index contributed by atoms with van der Waals surface area (Å²) in [6.07, 6.45) is -3.54. The Kier molecular flexibility index (Phi) is 11.2. The zero-order chi connectivity index (χ0) is 40.6. The van der Waals surface area contributed by atoms with Crippen molar-refractivity contribution in [3.05, 3.63) is 89.7 Å². The number of carbonyl (C=O) groups excluding carboxylic acids is 3. The van der Waals surface area contributed by atoms with Crippen LogP contribution in [0, 0.1) is 11.7 Å². The average Bonchev–Trinajstić information content (AvgIpc) is 3.92. The second kappa shape index (κ2) is 16.1. The van der Waals surface area contributed by atoms with Crippen LogP contribution < -0.4 is 5.32 Å². The minimum atomic E-state index is -1.32. The van der Waals surface area contributed by atoms with E-state index in [4.69, 9.17) is 14.5 Å². The number of carbonyl (C=O) groups is 3. The second-order valence-electron chi connectivity index (χ2n) is 16.4. The third-order valence-electron chi connectivity index (χ3n) is 10.6. The van der Waals surface area contributed by atoms with Crippen molar-refractivity contribution in [2.75, 3.05) is 13.1 Å². The fourth-order valence-corrected chi connectivity index (χ4v) is 8.04. The molecule has 2 fully saturated rings. The number of H-pyrrole nitrogens is 1. The third kappa shape index (κ3) is 8.74. The number of nitrogens with one attached hydrogen (secondary N) is 2. The Morgan fingerprint density at radius 3 is 2.33 bits per heavy atom. The molecule has 2 saturated heterocycles. The fourth-order valence-electron chi connectivity index (χ4n) is 8.04. The molecule has 0 unspecified atom stereocenters. The summed E-state index contributed by atoms with van der Waals surface area (Å²) in [7, 11) is 0. The predicted molar refractivity (Wildman–Crippen MR) is 210 cm³/mol. The SMILES string of the molecule is CC(C)[C@H](NC(=O)OC(C)(C)C)C(=O)N1C[C@@H](F)C[C@H]1Cn1c(-c2[nH]c3ccccc3c2C[C@@H]2C[C@H](F)CN2C(=O)OCc2ccccc2)nc2cc(F)ccc21. The molecule has 5 aromatic rings. The quantitative estimate of drug-likeness (QED) is 0.148. The molecule has 0 bridgehead atoms. The maximum atomic E-state index is 15.4. The first-order chi connectivity index (χ1) is 27.1. The standard InChI is InChI=1S/C43H49F3N6O5/c1-25(2)37(49-41(54)57-43(3,4)5)40(53)50-21-29(46)18-31(50)23-52-36-16-15-27(44)19-35(36)48-39(52)38-33(32-13-9-10-14-34(32)47-38)20-30-17-28(45)22-51(30)42(55)56-24-26-11-7-6-8-12-26/h6-16,19,25,28-31,37,47H,17-18,20-24H2,1-5H3,(H,49,54)/t28-,29-,30-,31-,37-/m0/s1. The lowest BCUT2D eigenvalue weighted by Crippen LogP contribution is -2.53. The molecule has 2 N–H and O–H groups in total. The first kappa shape index (κ1) is 39.7. The third-order valence-corrected chi connectivity index (χ3v) is 10.6. The highest BCUT2D eigenvalue weighted by atomic mass is 19.1. The van der Waals surface area contributed by atoms with Crippen molar-refractivity contribution >= 4 is 40.0 Å². The molecular weight excluding hydrogens is 738 g/mol. The van der Waals surface area contributed by atoms with Gasteiger partial charge in [-0.05, 0) is 62.4 Å². The lowest BCUT2D eigenvalue weighted by Gasteiger charge is -2.32. The molecule has 57 heavy (non-hydrogen) atoms.